The molecule has 4 atom stereocenters. The van der Waals surface area contributed by atoms with E-state index < -0.39 is 41.0 Å². The van der Waals surface area contributed by atoms with Gasteiger partial charge in [0, 0.05) is 23.7 Å². The number of Topliss-reactive ketones (excluding diaryl/α,β-unsaturated/α-hetero) is 1. The molecule has 0 bridgehead atoms. The van der Waals surface area contributed by atoms with Gasteiger partial charge in [-0.25, -0.2) is 0 Å². The molecule has 2 amide bonds. The van der Waals surface area contributed by atoms with E-state index in [4.69, 9.17) is 9.47 Å². The fourth-order valence-corrected chi connectivity index (χ4v) is 6.34. The van der Waals surface area contributed by atoms with Gasteiger partial charge in [0.25, 0.3) is 0 Å². The average Bonchev–Trinajstić information content (AvgIpc) is 3.01. The number of nitrogens with one attached hydrogen (secondary N) is 2. The summed E-state index contributed by atoms with van der Waals surface area (Å²) in [6, 6.07) is 20.2. The Bertz CT molecular complexity index is 1530. The molecule has 46 heavy (non-hydrogen) atoms. The molecule has 1 aliphatic rings. The predicted octanol–water partition coefficient (Wildman–Crippen LogP) is 6.95. The van der Waals surface area contributed by atoms with Crippen LogP contribution in [0.3, 0.4) is 0 Å². The van der Waals surface area contributed by atoms with Crippen LogP contribution < -0.4 is 20.1 Å². The van der Waals surface area contributed by atoms with Gasteiger partial charge >= 0.3 is 0 Å². The highest BCUT2D eigenvalue weighted by atomic mass is 16.5. The first-order valence-corrected chi connectivity index (χ1v) is 16.4. The molecule has 1 aliphatic carbocycles. The third-order valence-electron chi connectivity index (χ3n) is 8.75. The summed E-state index contributed by atoms with van der Waals surface area (Å²) in [5, 5.41) is 17.8. The third-order valence-corrected chi connectivity index (χ3v) is 8.75. The summed E-state index contributed by atoms with van der Waals surface area (Å²) in [6.45, 7) is 12.5. The summed E-state index contributed by atoms with van der Waals surface area (Å²) in [5.74, 6) is -3.40. The van der Waals surface area contributed by atoms with Crippen molar-refractivity contribution in [3.8, 4) is 11.5 Å². The van der Waals surface area contributed by atoms with Crippen LogP contribution in [0.5, 0.6) is 11.5 Å². The monoisotopic (exact) mass is 628 g/mol. The fourth-order valence-electron chi connectivity index (χ4n) is 6.34. The highest BCUT2D eigenvalue weighted by Gasteiger charge is 2.56. The fraction of sp³-hybridized carbons (Fsp3) is 0.447. The number of hydrogen-bond acceptors (Lipinski definition) is 6. The van der Waals surface area contributed by atoms with E-state index >= 15 is 0 Å². The molecule has 0 spiro atoms. The molecule has 0 aliphatic heterocycles. The summed E-state index contributed by atoms with van der Waals surface area (Å²) in [4.78, 5) is 42.4. The summed E-state index contributed by atoms with van der Waals surface area (Å²) in [6.07, 6.45) is 1.84. The number of aryl methyl sites for hydroxylation is 2. The normalized spacial score (nSPS) is 21.1. The lowest BCUT2D eigenvalue weighted by atomic mass is 9.61. The molecule has 8 nitrogen and oxygen atoms in total. The summed E-state index contributed by atoms with van der Waals surface area (Å²) in [5.41, 5.74) is 1.90. The molecule has 0 saturated heterocycles. The first-order valence-electron chi connectivity index (χ1n) is 16.4. The summed E-state index contributed by atoms with van der Waals surface area (Å²) < 4.78 is 12.0. The zero-order chi connectivity index (χ0) is 33.4. The predicted molar refractivity (Wildman–Crippen MR) is 181 cm³/mol. The van der Waals surface area contributed by atoms with Crippen LogP contribution in [-0.2, 0) is 27.2 Å². The van der Waals surface area contributed by atoms with Gasteiger partial charge in [-0.2, -0.15) is 0 Å². The van der Waals surface area contributed by atoms with E-state index in [-0.39, 0.29) is 6.42 Å². The van der Waals surface area contributed by atoms with Crippen molar-refractivity contribution in [3.63, 3.8) is 0 Å². The van der Waals surface area contributed by atoms with Gasteiger partial charge in [-0.3, -0.25) is 14.4 Å². The van der Waals surface area contributed by atoms with Gasteiger partial charge < -0.3 is 25.2 Å². The van der Waals surface area contributed by atoms with Gasteiger partial charge in [-0.05, 0) is 80.0 Å². The van der Waals surface area contributed by atoms with E-state index in [9.17, 15) is 19.5 Å². The van der Waals surface area contributed by atoms with Crippen molar-refractivity contribution in [2.75, 3.05) is 23.8 Å². The molecule has 0 aromatic heterocycles. The smallest absolute Gasteiger partial charge is 0.235 e. The van der Waals surface area contributed by atoms with Crippen LogP contribution in [0, 0.1) is 17.8 Å². The minimum Gasteiger partial charge on any atom is -0.490 e. The van der Waals surface area contributed by atoms with Crippen LogP contribution in [0.2, 0.25) is 0 Å². The van der Waals surface area contributed by atoms with Crippen LogP contribution >= 0.6 is 0 Å². The second-order valence-corrected chi connectivity index (χ2v) is 12.7. The number of rotatable bonds is 13. The van der Waals surface area contributed by atoms with E-state index in [0.717, 1.165) is 17.5 Å². The maximum Gasteiger partial charge on any atom is 0.235 e. The largest absolute Gasteiger partial charge is 0.490 e. The molecule has 1 saturated carbocycles. The summed E-state index contributed by atoms with van der Waals surface area (Å²) >= 11 is 0. The standard InChI is InChI=1S/C38H48N2O6/c1-7-25-14-10-12-16-28(25)39-36(42)34-30(41)23-38(6,44)35(37(43)40-29-17-13-11-15-26(29)8-2)33(34)27-18-19-31(45-9-3)32(22-27)46-21-20-24(4)5/h10-19,22,24,33-35,44H,7-9,20-21,23H2,1-6H3,(H,39,42)(H,40,43). The first kappa shape index (κ1) is 34.7. The number of aliphatic hydroxyl groups is 1. The summed E-state index contributed by atoms with van der Waals surface area (Å²) in [7, 11) is 0. The first-order chi connectivity index (χ1) is 22.0. The number of para-hydroxylation sites is 2. The van der Waals surface area contributed by atoms with Crippen LogP contribution in [-0.4, -0.2) is 41.5 Å². The highest BCUT2D eigenvalue weighted by molar-refractivity contribution is 6.10. The van der Waals surface area contributed by atoms with Gasteiger partial charge in [-0.1, -0.05) is 70.2 Å². The Kier molecular flexibility index (Phi) is 11.6. The molecular formula is C38H48N2O6. The molecule has 8 heteroatoms. The Labute approximate surface area is 272 Å². The Morgan fingerprint density at radius 3 is 2.02 bits per heavy atom. The van der Waals surface area contributed by atoms with Gasteiger partial charge in [0.15, 0.2) is 11.5 Å². The van der Waals surface area contributed by atoms with Crippen molar-refractivity contribution in [3.05, 3.63) is 83.4 Å². The Balaban J connectivity index is 1.84. The van der Waals surface area contributed by atoms with Crippen LogP contribution in [0.1, 0.15) is 77.0 Å². The molecule has 4 unspecified atom stereocenters. The molecule has 1 fully saturated rings. The highest BCUT2D eigenvalue weighted by Crippen LogP contribution is 2.48. The lowest BCUT2D eigenvalue weighted by molar-refractivity contribution is -0.150. The number of hydrogen-bond donors (Lipinski definition) is 3. The topological polar surface area (TPSA) is 114 Å². The average molecular weight is 629 g/mol. The molecule has 0 radical (unpaired) electrons. The van der Waals surface area contributed by atoms with Crippen molar-refractivity contribution in [1.82, 2.24) is 0 Å². The molecular weight excluding hydrogens is 580 g/mol. The number of ketones is 1. The molecule has 3 N–H and O–H groups in total. The minimum atomic E-state index is -1.73. The molecule has 3 aromatic rings. The minimum absolute atomic E-state index is 0.348. The van der Waals surface area contributed by atoms with E-state index in [2.05, 4.69) is 24.5 Å². The van der Waals surface area contributed by atoms with Crippen LogP contribution in [0.25, 0.3) is 0 Å². The molecule has 246 valence electrons. The zero-order valence-electron chi connectivity index (χ0n) is 27.9. The van der Waals surface area contributed by atoms with Gasteiger partial charge in [0.2, 0.25) is 11.8 Å². The van der Waals surface area contributed by atoms with Crippen molar-refractivity contribution >= 4 is 29.0 Å². The number of anilines is 2. The van der Waals surface area contributed by atoms with Crippen molar-refractivity contribution in [2.24, 2.45) is 17.8 Å². The van der Waals surface area contributed by atoms with Crippen molar-refractivity contribution in [1.29, 1.82) is 0 Å². The Morgan fingerprint density at radius 2 is 1.46 bits per heavy atom. The van der Waals surface area contributed by atoms with Gasteiger partial charge in [-0.15, -0.1) is 0 Å². The van der Waals surface area contributed by atoms with Crippen LogP contribution in [0.4, 0.5) is 11.4 Å². The van der Waals surface area contributed by atoms with Crippen molar-refractivity contribution < 1.29 is 29.0 Å². The Morgan fingerprint density at radius 1 is 0.870 bits per heavy atom. The van der Waals surface area contributed by atoms with E-state index in [1.807, 2.05) is 63.2 Å². The zero-order valence-corrected chi connectivity index (χ0v) is 27.9. The van der Waals surface area contributed by atoms with Crippen molar-refractivity contribution in [2.45, 2.75) is 78.7 Å². The van der Waals surface area contributed by atoms with E-state index in [0.29, 0.717) is 60.4 Å². The number of ether oxygens (including phenoxy) is 2. The number of carbonyl (C=O) groups excluding carboxylic acids is 3. The second-order valence-electron chi connectivity index (χ2n) is 12.7. The Hall–Kier alpha value is -4.17. The SMILES string of the molecule is CCOc1ccc(C2C(C(=O)Nc3ccccc3CC)C(=O)CC(C)(O)C2C(=O)Nc2ccccc2CC)cc1OCCC(C)C. The van der Waals surface area contributed by atoms with Gasteiger partial charge in [0.05, 0.1) is 24.7 Å². The van der Waals surface area contributed by atoms with E-state index in [1.54, 1.807) is 24.3 Å². The molecule has 0 heterocycles. The number of carbonyl (C=O) groups is 3. The molecule has 3 aromatic carbocycles. The molecule has 4 rings (SSSR count). The number of amides is 2. The third kappa shape index (κ3) is 7.97. The van der Waals surface area contributed by atoms with Crippen LogP contribution in [0.15, 0.2) is 66.7 Å². The maximum absolute atomic E-state index is 14.3. The lowest BCUT2D eigenvalue weighted by Crippen LogP contribution is -2.56. The van der Waals surface area contributed by atoms with E-state index in [1.165, 1.54) is 6.92 Å². The maximum atomic E-state index is 14.3. The second kappa shape index (κ2) is 15.4. The quantitative estimate of drug-likeness (QED) is 0.177. The lowest BCUT2D eigenvalue weighted by Gasteiger charge is -2.44. The number of benzene rings is 3. The van der Waals surface area contributed by atoms with Gasteiger partial charge in [0.1, 0.15) is 11.7 Å².